The monoisotopic (exact) mass is 324 g/mol. The number of nitrogens with one attached hydrogen (secondary N) is 3. The Morgan fingerprint density at radius 3 is 2.17 bits per heavy atom. The molecule has 0 saturated heterocycles. The molecule has 1 aromatic rings. The topological polar surface area (TPSA) is 96.3 Å². The number of hydrogen-bond acceptors (Lipinski definition) is 4. The van der Waals surface area contributed by atoms with E-state index in [1.54, 1.807) is 6.92 Å². The summed E-state index contributed by atoms with van der Waals surface area (Å²) in [6.45, 7) is 11.3. The molecule has 0 saturated carbocycles. The second-order valence-corrected chi connectivity index (χ2v) is 6.35. The number of amides is 3. The summed E-state index contributed by atoms with van der Waals surface area (Å²) in [5, 5.41) is 12.3. The van der Waals surface area contributed by atoms with Crippen molar-refractivity contribution in [3.8, 4) is 0 Å². The number of carbonyl (C=O) groups is 2. The van der Waals surface area contributed by atoms with Crippen LogP contribution in [0.3, 0.4) is 0 Å². The summed E-state index contributed by atoms with van der Waals surface area (Å²) in [6.07, 6.45) is 0.903. The normalized spacial score (nSPS) is 13.5. The first-order chi connectivity index (χ1) is 10.7. The van der Waals surface area contributed by atoms with Crippen molar-refractivity contribution in [3.63, 3.8) is 0 Å². The lowest BCUT2D eigenvalue weighted by Crippen LogP contribution is -2.46. The first-order valence-electron chi connectivity index (χ1n) is 7.97. The van der Waals surface area contributed by atoms with Crippen LogP contribution in [0.25, 0.3) is 0 Å². The van der Waals surface area contributed by atoms with Crippen molar-refractivity contribution in [2.45, 2.75) is 72.5 Å². The van der Waals surface area contributed by atoms with Crippen molar-refractivity contribution in [1.29, 1.82) is 0 Å². The second kappa shape index (κ2) is 8.55. The van der Waals surface area contributed by atoms with Crippen LogP contribution in [0.2, 0.25) is 0 Å². The highest BCUT2D eigenvalue weighted by atomic mass is 16.5. The molecular formula is C16H28N4O3. The summed E-state index contributed by atoms with van der Waals surface area (Å²) < 4.78 is 5.12. The third kappa shape index (κ3) is 6.71. The molecule has 0 aromatic carbocycles. The minimum absolute atomic E-state index is 0.0662. The Bertz CT molecular complexity index is 520. The van der Waals surface area contributed by atoms with Gasteiger partial charge in [-0.05, 0) is 48.0 Å². The van der Waals surface area contributed by atoms with Crippen molar-refractivity contribution in [3.05, 3.63) is 17.0 Å². The number of urea groups is 1. The summed E-state index contributed by atoms with van der Waals surface area (Å²) in [5.74, 6) is 0.701. The Morgan fingerprint density at radius 2 is 1.65 bits per heavy atom. The number of aryl methyl sites for hydroxylation is 2. The maximum absolute atomic E-state index is 12.0. The van der Waals surface area contributed by atoms with E-state index in [-0.39, 0.29) is 36.5 Å². The van der Waals surface area contributed by atoms with Crippen LogP contribution in [-0.2, 0) is 11.2 Å². The van der Waals surface area contributed by atoms with E-state index in [1.807, 2.05) is 34.6 Å². The molecule has 7 heteroatoms. The molecular weight excluding hydrogens is 296 g/mol. The van der Waals surface area contributed by atoms with Crippen LogP contribution >= 0.6 is 0 Å². The third-order valence-corrected chi connectivity index (χ3v) is 3.39. The average Bonchev–Trinajstić information content (AvgIpc) is 2.68. The molecule has 130 valence electrons. The Balaban J connectivity index is 2.39. The number of aromatic nitrogens is 1. The van der Waals surface area contributed by atoms with E-state index in [4.69, 9.17) is 4.52 Å². The van der Waals surface area contributed by atoms with Gasteiger partial charge in [0.25, 0.3) is 0 Å². The van der Waals surface area contributed by atoms with Crippen LogP contribution in [0.4, 0.5) is 4.79 Å². The fourth-order valence-electron chi connectivity index (χ4n) is 2.35. The summed E-state index contributed by atoms with van der Waals surface area (Å²) >= 11 is 0. The standard InChI is InChI=1S/C16H28N4O3/c1-9(2)17-15(21)8-11(4)19-16(22)18-10(3)7-14-12(5)20-23-13(14)6/h9-11H,7-8H2,1-6H3,(H,17,21)(H2,18,19,22)/t10-,11+/m0/s1. The van der Waals surface area contributed by atoms with Gasteiger partial charge in [-0.1, -0.05) is 5.16 Å². The smallest absolute Gasteiger partial charge is 0.315 e. The predicted molar refractivity (Wildman–Crippen MR) is 88.2 cm³/mol. The van der Waals surface area contributed by atoms with Crippen LogP contribution in [0.5, 0.6) is 0 Å². The third-order valence-electron chi connectivity index (χ3n) is 3.39. The van der Waals surface area contributed by atoms with E-state index in [0.29, 0.717) is 6.42 Å². The Kier molecular flexibility index (Phi) is 7.06. The molecule has 2 atom stereocenters. The number of nitrogens with zero attached hydrogens (tertiary/aromatic N) is 1. The van der Waals surface area contributed by atoms with Crippen molar-refractivity contribution in [2.75, 3.05) is 0 Å². The molecule has 7 nitrogen and oxygen atoms in total. The maximum Gasteiger partial charge on any atom is 0.315 e. The largest absolute Gasteiger partial charge is 0.361 e. The predicted octanol–water partition coefficient (Wildman–Crippen LogP) is 1.82. The van der Waals surface area contributed by atoms with E-state index >= 15 is 0 Å². The van der Waals surface area contributed by atoms with Gasteiger partial charge in [-0.15, -0.1) is 0 Å². The van der Waals surface area contributed by atoms with Gasteiger partial charge in [0.05, 0.1) is 5.69 Å². The minimum atomic E-state index is -0.283. The summed E-state index contributed by atoms with van der Waals surface area (Å²) in [7, 11) is 0. The second-order valence-electron chi connectivity index (χ2n) is 6.35. The lowest BCUT2D eigenvalue weighted by Gasteiger charge is -2.18. The number of rotatable bonds is 7. The zero-order chi connectivity index (χ0) is 17.6. The molecule has 0 radical (unpaired) electrons. The van der Waals surface area contributed by atoms with Gasteiger partial charge in [-0.25, -0.2) is 4.79 Å². The highest BCUT2D eigenvalue weighted by Crippen LogP contribution is 2.14. The molecule has 23 heavy (non-hydrogen) atoms. The van der Waals surface area contributed by atoms with Crippen LogP contribution < -0.4 is 16.0 Å². The Labute approximate surface area is 137 Å². The van der Waals surface area contributed by atoms with E-state index in [9.17, 15) is 9.59 Å². The van der Waals surface area contributed by atoms with E-state index in [0.717, 1.165) is 17.0 Å². The van der Waals surface area contributed by atoms with Gasteiger partial charge in [-0.3, -0.25) is 4.79 Å². The SMILES string of the molecule is Cc1noc(C)c1C[C@H](C)NC(=O)N[C@H](C)CC(=O)NC(C)C. The lowest BCUT2D eigenvalue weighted by atomic mass is 10.1. The van der Waals surface area contributed by atoms with Gasteiger partial charge >= 0.3 is 6.03 Å². The molecule has 0 aliphatic rings. The zero-order valence-corrected chi connectivity index (χ0v) is 14.8. The maximum atomic E-state index is 12.0. The van der Waals surface area contributed by atoms with Gasteiger partial charge in [0.2, 0.25) is 5.91 Å². The molecule has 0 aliphatic heterocycles. The van der Waals surface area contributed by atoms with Crippen LogP contribution in [0.15, 0.2) is 4.52 Å². The molecule has 1 aromatic heterocycles. The van der Waals surface area contributed by atoms with Crippen molar-refractivity contribution in [1.82, 2.24) is 21.1 Å². The first-order valence-corrected chi connectivity index (χ1v) is 7.97. The average molecular weight is 324 g/mol. The Morgan fingerprint density at radius 1 is 1.04 bits per heavy atom. The van der Waals surface area contributed by atoms with Gasteiger partial charge in [0.15, 0.2) is 0 Å². The van der Waals surface area contributed by atoms with Crippen molar-refractivity contribution < 1.29 is 14.1 Å². The molecule has 0 spiro atoms. The number of hydrogen-bond donors (Lipinski definition) is 3. The summed E-state index contributed by atoms with van der Waals surface area (Å²) in [5.41, 5.74) is 1.86. The van der Waals surface area contributed by atoms with E-state index in [2.05, 4.69) is 21.1 Å². The van der Waals surface area contributed by atoms with Gasteiger partial charge in [0.1, 0.15) is 5.76 Å². The molecule has 0 bridgehead atoms. The number of carbonyl (C=O) groups excluding carboxylic acids is 2. The van der Waals surface area contributed by atoms with Crippen molar-refractivity contribution in [2.24, 2.45) is 0 Å². The molecule has 1 rings (SSSR count). The van der Waals surface area contributed by atoms with Gasteiger partial charge in [-0.2, -0.15) is 0 Å². The Hall–Kier alpha value is -2.05. The molecule has 0 fully saturated rings. The van der Waals surface area contributed by atoms with Crippen LogP contribution in [-0.4, -0.2) is 35.2 Å². The van der Waals surface area contributed by atoms with E-state index in [1.165, 1.54) is 0 Å². The molecule has 0 aliphatic carbocycles. The first kappa shape index (κ1) is 19.0. The van der Waals surface area contributed by atoms with Crippen LogP contribution in [0.1, 0.15) is 51.1 Å². The quantitative estimate of drug-likeness (QED) is 0.713. The highest BCUT2D eigenvalue weighted by molar-refractivity contribution is 5.79. The fraction of sp³-hybridized carbons (Fsp3) is 0.688. The molecule has 3 amide bonds. The molecule has 1 heterocycles. The summed E-state index contributed by atoms with van der Waals surface area (Å²) in [4.78, 5) is 23.6. The van der Waals surface area contributed by atoms with Gasteiger partial charge < -0.3 is 20.5 Å². The highest BCUT2D eigenvalue weighted by Gasteiger charge is 2.16. The fourth-order valence-corrected chi connectivity index (χ4v) is 2.35. The molecule has 3 N–H and O–H groups in total. The van der Waals surface area contributed by atoms with Gasteiger partial charge in [0, 0.05) is 30.1 Å². The zero-order valence-electron chi connectivity index (χ0n) is 14.8. The van der Waals surface area contributed by atoms with E-state index < -0.39 is 0 Å². The minimum Gasteiger partial charge on any atom is -0.361 e. The lowest BCUT2D eigenvalue weighted by molar-refractivity contribution is -0.121. The summed E-state index contributed by atoms with van der Waals surface area (Å²) in [6, 6.07) is -0.490. The van der Waals surface area contributed by atoms with Crippen molar-refractivity contribution >= 4 is 11.9 Å². The molecule has 0 unspecified atom stereocenters. The van der Waals surface area contributed by atoms with Crippen LogP contribution in [0, 0.1) is 13.8 Å².